The van der Waals surface area contributed by atoms with Crippen molar-refractivity contribution in [2.75, 3.05) is 0 Å². The largest absolute Gasteiger partial charge is 0.103 e. The van der Waals surface area contributed by atoms with E-state index in [2.05, 4.69) is 43.8 Å². The summed E-state index contributed by atoms with van der Waals surface area (Å²) < 4.78 is 0. The molecule has 0 heteroatoms. The van der Waals surface area contributed by atoms with E-state index < -0.39 is 0 Å². The van der Waals surface area contributed by atoms with Gasteiger partial charge in [-0.25, -0.2) is 0 Å². The molecule has 0 heterocycles. The maximum atomic E-state index is 3.73. The van der Waals surface area contributed by atoms with Crippen LogP contribution in [0.5, 0.6) is 0 Å². The summed E-state index contributed by atoms with van der Waals surface area (Å²) in [4.78, 5) is 0. The second-order valence-electron chi connectivity index (χ2n) is 3.18. The highest BCUT2D eigenvalue weighted by atomic mass is 14.1. The van der Waals surface area contributed by atoms with Gasteiger partial charge in [-0.15, -0.1) is 6.58 Å². The standard InChI is InChI=1S/C12H16/c1-3-4-8-11(2)12-9-6-5-7-10-12/h3,5-7,9-11H,1,4,8H2,2H3/t11-/m1/s1. The zero-order valence-corrected chi connectivity index (χ0v) is 7.66. The average molecular weight is 160 g/mol. The molecular formula is C12H16. The molecule has 0 nitrogen and oxygen atoms in total. The molecule has 0 saturated carbocycles. The fraction of sp³-hybridized carbons (Fsp3) is 0.333. The second-order valence-corrected chi connectivity index (χ2v) is 3.18. The molecular weight excluding hydrogens is 144 g/mol. The van der Waals surface area contributed by atoms with Crippen molar-refractivity contribution in [3.8, 4) is 0 Å². The van der Waals surface area contributed by atoms with Crippen molar-refractivity contribution >= 4 is 0 Å². The van der Waals surface area contributed by atoms with E-state index in [0.717, 1.165) is 6.42 Å². The molecule has 0 aliphatic rings. The molecule has 0 bridgehead atoms. The Balaban J connectivity index is 2.53. The van der Waals surface area contributed by atoms with Gasteiger partial charge >= 0.3 is 0 Å². The molecule has 0 fully saturated rings. The quantitative estimate of drug-likeness (QED) is 0.588. The smallest absolute Gasteiger partial charge is 0.0187 e. The number of benzene rings is 1. The molecule has 1 atom stereocenters. The van der Waals surface area contributed by atoms with Crippen molar-refractivity contribution < 1.29 is 0 Å². The van der Waals surface area contributed by atoms with Crippen LogP contribution < -0.4 is 0 Å². The van der Waals surface area contributed by atoms with E-state index >= 15 is 0 Å². The lowest BCUT2D eigenvalue weighted by Gasteiger charge is -2.09. The van der Waals surface area contributed by atoms with Crippen molar-refractivity contribution in [2.24, 2.45) is 0 Å². The molecule has 0 radical (unpaired) electrons. The molecule has 64 valence electrons. The van der Waals surface area contributed by atoms with Crippen LogP contribution in [0.3, 0.4) is 0 Å². The van der Waals surface area contributed by atoms with Crippen LogP contribution in [-0.2, 0) is 0 Å². The molecule has 0 spiro atoms. The highest BCUT2D eigenvalue weighted by molar-refractivity contribution is 5.18. The normalized spacial score (nSPS) is 12.4. The fourth-order valence-corrected chi connectivity index (χ4v) is 1.32. The van der Waals surface area contributed by atoms with Gasteiger partial charge in [0.1, 0.15) is 0 Å². The van der Waals surface area contributed by atoms with E-state index in [4.69, 9.17) is 0 Å². The summed E-state index contributed by atoms with van der Waals surface area (Å²) in [6, 6.07) is 10.6. The Morgan fingerprint density at radius 3 is 2.58 bits per heavy atom. The van der Waals surface area contributed by atoms with Crippen LogP contribution in [0.2, 0.25) is 0 Å². The van der Waals surface area contributed by atoms with Crippen molar-refractivity contribution in [2.45, 2.75) is 25.7 Å². The van der Waals surface area contributed by atoms with Gasteiger partial charge in [-0.05, 0) is 24.3 Å². The van der Waals surface area contributed by atoms with Crippen LogP contribution in [0.25, 0.3) is 0 Å². The van der Waals surface area contributed by atoms with Crippen LogP contribution in [-0.4, -0.2) is 0 Å². The molecule has 0 aliphatic heterocycles. The van der Waals surface area contributed by atoms with Crippen LogP contribution in [0.15, 0.2) is 43.0 Å². The van der Waals surface area contributed by atoms with E-state index in [-0.39, 0.29) is 0 Å². The number of rotatable bonds is 4. The van der Waals surface area contributed by atoms with Gasteiger partial charge in [-0.2, -0.15) is 0 Å². The Morgan fingerprint density at radius 2 is 2.00 bits per heavy atom. The van der Waals surface area contributed by atoms with Gasteiger partial charge in [0, 0.05) is 0 Å². The first-order valence-electron chi connectivity index (χ1n) is 4.50. The van der Waals surface area contributed by atoms with Crippen LogP contribution in [0, 0.1) is 0 Å². The lowest BCUT2D eigenvalue weighted by molar-refractivity contribution is 0.691. The van der Waals surface area contributed by atoms with Crippen molar-refractivity contribution in [1.29, 1.82) is 0 Å². The summed E-state index contributed by atoms with van der Waals surface area (Å²) in [5.41, 5.74) is 1.43. The molecule has 1 aromatic rings. The Bertz CT molecular complexity index is 223. The first kappa shape index (κ1) is 9.05. The highest BCUT2D eigenvalue weighted by Crippen LogP contribution is 2.19. The van der Waals surface area contributed by atoms with Gasteiger partial charge in [-0.1, -0.05) is 43.3 Å². The topological polar surface area (TPSA) is 0 Å². The van der Waals surface area contributed by atoms with Crippen LogP contribution in [0.4, 0.5) is 0 Å². The maximum Gasteiger partial charge on any atom is -0.0187 e. The van der Waals surface area contributed by atoms with E-state index in [0.29, 0.717) is 5.92 Å². The molecule has 0 aromatic heterocycles. The predicted octanol–water partition coefficient (Wildman–Crippen LogP) is 3.76. The van der Waals surface area contributed by atoms with Crippen LogP contribution >= 0.6 is 0 Å². The lowest BCUT2D eigenvalue weighted by Crippen LogP contribution is -1.91. The van der Waals surface area contributed by atoms with Gasteiger partial charge in [0.05, 0.1) is 0 Å². The zero-order chi connectivity index (χ0) is 8.81. The minimum atomic E-state index is 0.657. The summed E-state index contributed by atoms with van der Waals surface area (Å²) in [5, 5.41) is 0. The van der Waals surface area contributed by atoms with E-state index in [1.165, 1.54) is 12.0 Å². The molecule has 12 heavy (non-hydrogen) atoms. The molecule has 0 aliphatic carbocycles. The van der Waals surface area contributed by atoms with Gasteiger partial charge in [0.25, 0.3) is 0 Å². The van der Waals surface area contributed by atoms with Crippen molar-refractivity contribution in [3.63, 3.8) is 0 Å². The van der Waals surface area contributed by atoms with Crippen molar-refractivity contribution in [3.05, 3.63) is 48.6 Å². The maximum absolute atomic E-state index is 3.73. The molecule has 0 saturated heterocycles. The first-order chi connectivity index (χ1) is 5.84. The summed E-state index contributed by atoms with van der Waals surface area (Å²) in [7, 11) is 0. The third kappa shape index (κ3) is 2.54. The fourth-order valence-electron chi connectivity index (χ4n) is 1.32. The third-order valence-corrected chi connectivity index (χ3v) is 2.17. The van der Waals surface area contributed by atoms with Crippen LogP contribution in [0.1, 0.15) is 31.2 Å². The summed E-state index contributed by atoms with van der Waals surface area (Å²) in [6.45, 7) is 5.99. The van der Waals surface area contributed by atoms with Gasteiger partial charge in [0.15, 0.2) is 0 Å². The number of hydrogen-bond acceptors (Lipinski definition) is 0. The Hall–Kier alpha value is -1.04. The average Bonchev–Trinajstić information content (AvgIpc) is 2.15. The van der Waals surface area contributed by atoms with E-state index in [1.807, 2.05) is 6.08 Å². The summed E-state index contributed by atoms with van der Waals surface area (Å²) in [6.07, 6.45) is 4.29. The Labute approximate surface area is 74.9 Å². The minimum absolute atomic E-state index is 0.657. The van der Waals surface area contributed by atoms with E-state index in [1.54, 1.807) is 0 Å². The zero-order valence-electron chi connectivity index (χ0n) is 7.66. The summed E-state index contributed by atoms with van der Waals surface area (Å²) >= 11 is 0. The Kier molecular flexibility index (Phi) is 3.59. The lowest BCUT2D eigenvalue weighted by atomic mass is 9.96. The summed E-state index contributed by atoms with van der Waals surface area (Å²) in [5.74, 6) is 0.657. The second kappa shape index (κ2) is 4.76. The predicted molar refractivity (Wildman–Crippen MR) is 54.3 cm³/mol. The third-order valence-electron chi connectivity index (χ3n) is 2.17. The van der Waals surface area contributed by atoms with Gasteiger partial charge < -0.3 is 0 Å². The molecule has 1 rings (SSSR count). The minimum Gasteiger partial charge on any atom is -0.103 e. The first-order valence-corrected chi connectivity index (χ1v) is 4.50. The van der Waals surface area contributed by atoms with Crippen molar-refractivity contribution in [1.82, 2.24) is 0 Å². The number of hydrogen-bond donors (Lipinski definition) is 0. The monoisotopic (exact) mass is 160 g/mol. The molecule has 1 aromatic carbocycles. The van der Waals surface area contributed by atoms with Gasteiger partial charge in [0.2, 0.25) is 0 Å². The molecule has 0 amide bonds. The van der Waals surface area contributed by atoms with E-state index in [9.17, 15) is 0 Å². The SMILES string of the molecule is C=CCC[C@@H](C)c1ccccc1. The Morgan fingerprint density at radius 1 is 1.33 bits per heavy atom. The van der Waals surface area contributed by atoms with Gasteiger partial charge in [-0.3, -0.25) is 0 Å². The number of allylic oxidation sites excluding steroid dienone is 1. The molecule has 0 N–H and O–H groups in total. The molecule has 0 unspecified atom stereocenters. The highest BCUT2D eigenvalue weighted by Gasteiger charge is 2.01.